The van der Waals surface area contributed by atoms with Crippen molar-refractivity contribution in [3.8, 4) is 0 Å². The van der Waals surface area contributed by atoms with E-state index >= 15 is 0 Å². The maximum absolute atomic E-state index is 5.59. The van der Waals surface area contributed by atoms with Crippen molar-refractivity contribution in [3.05, 3.63) is 24.9 Å². The van der Waals surface area contributed by atoms with Gasteiger partial charge < -0.3 is 10.6 Å². The summed E-state index contributed by atoms with van der Waals surface area (Å²) in [5.74, 6) is 1.14. The average molecular weight is 192 g/mol. The smallest absolute Gasteiger partial charge is 0.227 e. The molecule has 0 bridgehead atoms. The Morgan fingerprint density at radius 1 is 1.64 bits per heavy atom. The summed E-state index contributed by atoms with van der Waals surface area (Å²) >= 11 is 0. The molecule has 0 amide bonds. The van der Waals surface area contributed by atoms with Gasteiger partial charge in [0.15, 0.2) is 0 Å². The van der Waals surface area contributed by atoms with Crippen molar-refractivity contribution in [2.75, 3.05) is 17.2 Å². The van der Waals surface area contributed by atoms with Gasteiger partial charge in [-0.3, -0.25) is 0 Å². The maximum atomic E-state index is 5.59. The molecule has 0 atom stereocenters. The van der Waals surface area contributed by atoms with Crippen LogP contribution >= 0.6 is 0 Å². The third-order valence-electron chi connectivity index (χ3n) is 1.87. The highest BCUT2D eigenvalue weighted by Crippen LogP contribution is 2.11. The summed E-state index contributed by atoms with van der Waals surface area (Å²) in [6.07, 6.45) is 3.49. The Balaban J connectivity index is 2.92. The molecule has 0 aliphatic heterocycles. The topological polar surface area (TPSA) is 55.0 Å². The lowest BCUT2D eigenvalue weighted by molar-refractivity contribution is 0.700. The molecule has 1 aromatic rings. The number of nitrogen functional groups attached to an aromatic ring is 1. The van der Waals surface area contributed by atoms with Crippen molar-refractivity contribution in [2.24, 2.45) is 0 Å². The Bertz CT molecular complexity index is 309. The minimum atomic E-state index is 0.329. The molecule has 76 valence electrons. The van der Waals surface area contributed by atoms with E-state index in [-0.39, 0.29) is 0 Å². The molecule has 4 nitrogen and oxygen atoms in total. The molecule has 0 unspecified atom stereocenters. The first-order chi connectivity index (χ1) is 6.65. The summed E-state index contributed by atoms with van der Waals surface area (Å²) in [6.45, 7) is 8.58. The van der Waals surface area contributed by atoms with Crippen LogP contribution in [0.2, 0.25) is 0 Å². The SMILES string of the molecule is C=CCN(c1nccc(N)n1)C(C)C. The van der Waals surface area contributed by atoms with E-state index in [2.05, 4.69) is 30.4 Å². The molecule has 0 saturated carbocycles. The molecule has 0 radical (unpaired) electrons. The Hall–Kier alpha value is -1.58. The second-order valence-corrected chi connectivity index (χ2v) is 3.32. The van der Waals surface area contributed by atoms with Crippen LogP contribution in [0, 0.1) is 0 Å². The molecule has 1 rings (SSSR count). The first kappa shape index (κ1) is 10.5. The van der Waals surface area contributed by atoms with Crippen LogP contribution in [0.15, 0.2) is 24.9 Å². The fourth-order valence-electron chi connectivity index (χ4n) is 1.16. The van der Waals surface area contributed by atoms with Crippen molar-refractivity contribution < 1.29 is 0 Å². The fourth-order valence-corrected chi connectivity index (χ4v) is 1.16. The molecule has 4 heteroatoms. The van der Waals surface area contributed by atoms with Crippen molar-refractivity contribution >= 4 is 11.8 Å². The second kappa shape index (κ2) is 4.60. The van der Waals surface area contributed by atoms with Crippen LogP contribution in [0.4, 0.5) is 11.8 Å². The highest BCUT2D eigenvalue weighted by molar-refractivity contribution is 5.38. The molecule has 2 N–H and O–H groups in total. The molecule has 14 heavy (non-hydrogen) atoms. The van der Waals surface area contributed by atoms with E-state index in [0.29, 0.717) is 17.8 Å². The lowest BCUT2D eigenvalue weighted by Gasteiger charge is -2.25. The minimum absolute atomic E-state index is 0.329. The number of anilines is 2. The lowest BCUT2D eigenvalue weighted by atomic mass is 10.3. The van der Waals surface area contributed by atoms with E-state index in [4.69, 9.17) is 5.73 Å². The van der Waals surface area contributed by atoms with E-state index in [1.54, 1.807) is 12.3 Å². The van der Waals surface area contributed by atoms with Crippen LogP contribution in [0.25, 0.3) is 0 Å². The van der Waals surface area contributed by atoms with Crippen molar-refractivity contribution in [3.63, 3.8) is 0 Å². The quantitative estimate of drug-likeness (QED) is 0.734. The second-order valence-electron chi connectivity index (χ2n) is 3.32. The molecule has 1 heterocycles. The van der Waals surface area contributed by atoms with Gasteiger partial charge in [-0.05, 0) is 19.9 Å². The van der Waals surface area contributed by atoms with E-state index in [0.717, 1.165) is 6.54 Å². The van der Waals surface area contributed by atoms with Gasteiger partial charge in [-0.2, -0.15) is 4.98 Å². The lowest BCUT2D eigenvalue weighted by Crippen LogP contribution is -2.32. The predicted molar refractivity (Wildman–Crippen MR) is 59.1 cm³/mol. The Morgan fingerprint density at radius 3 is 2.86 bits per heavy atom. The Kier molecular flexibility index (Phi) is 3.45. The molecule has 1 aromatic heterocycles. The molecular weight excluding hydrogens is 176 g/mol. The first-order valence-electron chi connectivity index (χ1n) is 4.61. The van der Waals surface area contributed by atoms with E-state index in [1.165, 1.54) is 0 Å². The number of hydrogen-bond acceptors (Lipinski definition) is 4. The van der Waals surface area contributed by atoms with Crippen molar-refractivity contribution in [2.45, 2.75) is 19.9 Å². The van der Waals surface area contributed by atoms with E-state index < -0.39 is 0 Å². The zero-order valence-electron chi connectivity index (χ0n) is 8.64. The molecule has 0 aliphatic rings. The molecule has 0 fully saturated rings. The summed E-state index contributed by atoms with van der Waals surface area (Å²) in [7, 11) is 0. The zero-order chi connectivity index (χ0) is 10.6. The maximum Gasteiger partial charge on any atom is 0.227 e. The third kappa shape index (κ3) is 2.45. The van der Waals surface area contributed by atoms with Gasteiger partial charge >= 0.3 is 0 Å². The van der Waals surface area contributed by atoms with Crippen LogP contribution < -0.4 is 10.6 Å². The standard InChI is InChI=1S/C10H16N4/c1-4-7-14(8(2)3)10-12-6-5-9(11)13-10/h4-6,8H,1,7H2,2-3H3,(H2,11,12,13). The fraction of sp³-hybridized carbons (Fsp3) is 0.400. The monoisotopic (exact) mass is 192 g/mol. The van der Waals surface area contributed by atoms with Gasteiger partial charge in [-0.15, -0.1) is 6.58 Å². The van der Waals surface area contributed by atoms with Gasteiger partial charge in [0.2, 0.25) is 5.95 Å². The summed E-state index contributed by atoms with van der Waals surface area (Å²) in [6, 6.07) is 2.01. The highest BCUT2D eigenvalue weighted by atomic mass is 15.3. The van der Waals surface area contributed by atoms with Gasteiger partial charge in [-0.1, -0.05) is 6.08 Å². The predicted octanol–water partition coefficient (Wildman–Crippen LogP) is 1.46. The number of rotatable bonds is 4. The largest absolute Gasteiger partial charge is 0.384 e. The van der Waals surface area contributed by atoms with Crippen molar-refractivity contribution in [1.82, 2.24) is 9.97 Å². The summed E-state index contributed by atoms with van der Waals surface area (Å²) in [5, 5.41) is 0. The number of aromatic nitrogens is 2. The normalized spacial score (nSPS) is 10.2. The molecular formula is C10H16N4. The molecule has 0 saturated heterocycles. The van der Waals surface area contributed by atoms with Crippen molar-refractivity contribution in [1.29, 1.82) is 0 Å². The third-order valence-corrected chi connectivity index (χ3v) is 1.87. The molecule has 0 spiro atoms. The van der Waals surface area contributed by atoms with Crippen LogP contribution in [0.5, 0.6) is 0 Å². The van der Waals surface area contributed by atoms with Gasteiger partial charge in [0, 0.05) is 18.8 Å². The summed E-state index contributed by atoms with van der Waals surface area (Å²) in [4.78, 5) is 10.4. The number of nitrogens with two attached hydrogens (primary N) is 1. The van der Waals surface area contributed by atoms with Gasteiger partial charge in [0.05, 0.1) is 0 Å². The number of nitrogens with zero attached hydrogens (tertiary/aromatic N) is 3. The summed E-state index contributed by atoms with van der Waals surface area (Å²) < 4.78 is 0. The molecule has 0 aromatic carbocycles. The van der Waals surface area contributed by atoms with Gasteiger partial charge in [0.25, 0.3) is 0 Å². The summed E-state index contributed by atoms with van der Waals surface area (Å²) in [5.41, 5.74) is 5.59. The highest BCUT2D eigenvalue weighted by Gasteiger charge is 2.11. The van der Waals surface area contributed by atoms with Crippen LogP contribution in [-0.4, -0.2) is 22.6 Å². The zero-order valence-corrected chi connectivity index (χ0v) is 8.64. The van der Waals surface area contributed by atoms with E-state index in [9.17, 15) is 0 Å². The first-order valence-corrected chi connectivity index (χ1v) is 4.61. The van der Waals surface area contributed by atoms with E-state index in [1.807, 2.05) is 11.0 Å². The van der Waals surface area contributed by atoms with Gasteiger partial charge in [0.1, 0.15) is 5.82 Å². The Labute approximate surface area is 84.5 Å². The van der Waals surface area contributed by atoms with Crippen LogP contribution in [0.3, 0.4) is 0 Å². The number of hydrogen-bond donors (Lipinski definition) is 1. The van der Waals surface area contributed by atoms with Crippen LogP contribution in [0.1, 0.15) is 13.8 Å². The Morgan fingerprint density at radius 2 is 2.36 bits per heavy atom. The van der Waals surface area contributed by atoms with Gasteiger partial charge in [-0.25, -0.2) is 4.98 Å². The van der Waals surface area contributed by atoms with Crippen LogP contribution in [-0.2, 0) is 0 Å². The molecule has 0 aliphatic carbocycles. The average Bonchev–Trinajstić information content (AvgIpc) is 2.13. The minimum Gasteiger partial charge on any atom is -0.384 e.